The molecule has 8 nitrogen and oxygen atoms in total. The molecule has 3 heterocycles. The van der Waals surface area contributed by atoms with E-state index in [9.17, 15) is 18.4 Å². The SMILES string of the molecule is CNC(=O)c1cc(F)c(-c2nc3cc(C)ccn3c2COC(=O)N2CCOCC2)c(F)c1. The molecule has 1 fully saturated rings. The lowest BCUT2D eigenvalue weighted by molar-refractivity contribution is 0.0246. The summed E-state index contributed by atoms with van der Waals surface area (Å²) >= 11 is 0. The van der Waals surface area contributed by atoms with Crippen LogP contribution in [-0.4, -0.2) is 59.6 Å². The highest BCUT2D eigenvalue weighted by Crippen LogP contribution is 2.31. The van der Waals surface area contributed by atoms with Gasteiger partial charge in [-0.05, 0) is 36.8 Å². The number of benzene rings is 1. The maximum absolute atomic E-state index is 15.0. The summed E-state index contributed by atoms with van der Waals surface area (Å²) in [6, 6.07) is 5.48. The maximum atomic E-state index is 15.0. The number of halogens is 2. The first-order valence-electron chi connectivity index (χ1n) is 10.1. The van der Waals surface area contributed by atoms with Crippen LogP contribution >= 0.6 is 0 Å². The molecule has 168 valence electrons. The smallest absolute Gasteiger partial charge is 0.410 e. The second kappa shape index (κ2) is 8.91. The Morgan fingerprint density at radius 2 is 1.88 bits per heavy atom. The van der Waals surface area contributed by atoms with Crippen LogP contribution in [0.2, 0.25) is 0 Å². The number of aromatic nitrogens is 2. The number of fused-ring (bicyclic) bond motifs is 1. The molecule has 32 heavy (non-hydrogen) atoms. The van der Waals surface area contributed by atoms with Crippen LogP contribution in [0.5, 0.6) is 0 Å². The number of pyridine rings is 1. The highest BCUT2D eigenvalue weighted by molar-refractivity contribution is 5.94. The average molecular weight is 444 g/mol. The van der Waals surface area contributed by atoms with Crippen molar-refractivity contribution in [3.63, 3.8) is 0 Å². The van der Waals surface area contributed by atoms with Gasteiger partial charge in [0, 0.05) is 31.9 Å². The fourth-order valence-electron chi connectivity index (χ4n) is 3.58. The first kappa shape index (κ1) is 21.7. The molecule has 2 aromatic heterocycles. The zero-order valence-corrected chi connectivity index (χ0v) is 17.7. The van der Waals surface area contributed by atoms with Gasteiger partial charge in [0.15, 0.2) is 0 Å². The van der Waals surface area contributed by atoms with Crippen LogP contribution < -0.4 is 5.32 Å². The molecule has 1 aromatic carbocycles. The van der Waals surface area contributed by atoms with Crippen molar-refractivity contribution in [2.75, 3.05) is 33.4 Å². The summed E-state index contributed by atoms with van der Waals surface area (Å²) in [5.41, 5.74) is 1.13. The third kappa shape index (κ3) is 4.13. The molecule has 3 aromatic rings. The van der Waals surface area contributed by atoms with E-state index in [0.29, 0.717) is 37.6 Å². The number of morpholine rings is 1. The standard InChI is InChI=1S/C22H22F2N4O4/c1-13-3-4-28-17(12-32-22(30)27-5-7-31-8-6-27)20(26-18(28)9-13)19-15(23)10-14(11-16(19)24)21(29)25-2/h3-4,9-11H,5-8,12H2,1-2H3,(H,25,29). The number of nitrogens with zero attached hydrogens (tertiary/aromatic N) is 3. The zero-order valence-electron chi connectivity index (χ0n) is 17.7. The van der Waals surface area contributed by atoms with Crippen LogP contribution in [0.1, 0.15) is 21.6 Å². The van der Waals surface area contributed by atoms with E-state index in [4.69, 9.17) is 9.47 Å². The van der Waals surface area contributed by atoms with Gasteiger partial charge in [-0.1, -0.05) is 0 Å². The predicted molar refractivity (Wildman–Crippen MR) is 111 cm³/mol. The lowest BCUT2D eigenvalue weighted by Gasteiger charge is -2.26. The molecular weight excluding hydrogens is 422 g/mol. The van der Waals surface area contributed by atoms with Crippen LogP contribution in [0, 0.1) is 18.6 Å². The van der Waals surface area contributed by atoms with Gasteiger partial charge in [0.25, 0.3) is 5.91 Å². The molecule has 0 bridgehead atoms. The van der Waals surface area contributed by atoms with E-state index in [2.05, 4.69) is 10.3 Å². The summed E-state index contributed by atoms with van der Waals surface area (Å²) in [7, 11) is 1.37. The second-order valence-electron chi connectivity index (χ2n) is 7.39. The van der Waals surface area contributed by atoms with Crippen molar-refractivity contribution in [3.8, 4) is 11.3 Å². The van der Waals surface area contributed by atoms with Crippen molar-refractivity contribution in [3.05, 3.63) is 58.9 Å². The number of hydrogen-bond donors (Lipinski definition) is 1. The van der Waals surface area contributed by atoms with Crippen LogP contribution in [0.4, 0.5) is 13.6 Å². The fourth-order valence-corrected chi connectivity index (χ4v) is 3.58. The molecule has 1 aliphatic heterocycles. The largest absolute Gasteiger partial charge is 0.443 e. The second-order valence-corrected chi connectivity index (χ2v) is 7.39. The summed E-state index contributed by atoms with van der Waals surface area (Å²) in [5.74, 6) is -2.49. The van der Waals surface area contributed by atoms with Crippen molar-refractivity contribution >= 4 is 17.6 Å². The molecule has 2 amide bonds. The molecular formula is C22H22F2N4O4. The number of aryl methyl sites for hydroxylation is 1. The lowest BCUT2D eigenvalue weighted by atomic mass is 10.1. The first-order valence-corrected chi connectivity index (χ1v) is 10.1. The van der Waals surface area contributed by atoms with Gasteiger partial charge in [0.2, 0.25) is 0 Å². The summed E-state index contributed by atoms with van der Waals surface area (Å²) < 4.78 is 42.2. The number of nitrogens with one attached hydrogen (secondary N) is 1. The number of amides is 2. The Morgan fingerprint density at radius 1 is 1.19 bits per heavy atom. The Kier molecular flexibility index (Phi) is 6.04. The predicted octanol–water partition coefficient (Wildman–Crippen LogP) is 2.92. The highest BCUT2D eigenvalue weighted by atomic mass is 19.1. The summed E-state index contributed by atoms with van der Waals surface area (Å²) in [6.45, 7) is 3.27. The number of hydrogen-bond acceptors (Lipinski definition) is 5. The van der Waals surface area contributed by atoms with E-state index in [1.54, 1.807) is 16.7 Å². The van der Waals surface area contributed by atoms with Gasteiger partial charge in [0.1, 0.15) is 29.6 Å². The van der Waals surface area contributed by atoms with Gasteiger partial charge in [-0.15, -0.1) is 0 Å². The van der Waals surface area contributed by atoms with Gasteiger partial charge >= 0.3 is 6.09 Å². The number of ether oxygens (including phenoxy) is 2. The minimum atomic E-state index is -0.940. The number of rotatable bonds is 4. The lowest BCUT2D eigenvalue weighted by Crippen LogP contribution is -2.40. The van der Waals surface area contributed by atoms with Crippen LogP contribution in [0.25, 0.3) is 16.9 Å². The van der Waals surface area contributed by atoms with Crippen molar-refractivity contribution < 1.29 is 27.8 Å². The number of carbonyl (C=O) groups excluding carboxylic acids is 2. The van der Waals surface area contributed by atoms with E-state index < -0.39 is 29.2 Å². The summed E-state index contributed by atoms with van der Waals surface area (Å²) in [6.07, 6.45) is 1.16. The molecule has 0 unspecified atom stereocenters. The fraction of sp³-hybridized carbons (Fsp3) is 0.318. The van der Waals surface area contributed by atoms with Crippen LogP contribution in [0.3, 0.4) is 0 Å². The van der Waals surface area contributed by atoms with Crippen LogP contribution in [-0.2, 0) is 16.1 Å². The zero-order chi connectivity index (χ0) is 22.8. The summed E-state index contributed by atoms with van der Waals surface area (Å²) in [5, 5.41) is 2.33. The third-order valence-electron chi connectivity index (χ3n) is 5.25. The molecule has 0 saturated carbocycles. The van der Waals surface area contributed by atoms with E-state index in [-0.39, 0.29) is 17.9 Å². The maximum Gasteiger partial charge on any atom is 0.410 e. The van der Waals surface area contributed by atoms with E-state index in [0.717, 1.165) is 17.7 Å². The quantitative estimate of drug-likeness (QED) is 0.669. The molecule has 0 spiro atoms. The molecule has 0 atom stereocenters. The molecule has 1 aliphatic rings. The third-order valence-corrected chi connectivity index (χ3v) is 5.25. The Hall–Kier alpha value is -3.53. The van der Waals surface area contributed by atoms with Gasteiger partial charge in [-0.3, -0.25) is 9.20 Å². The van der Waals surface area contributed by atoms with Crippen LogP contribution in [0.15, 0.2) is 30.5 Å². The van der Waals surface area contributed by atoms with Crippen molar-refractivity contribution in [2.45, 2.75) is 13.5 Å². The monoisotopic (exact) mass is 444 g/mol. The molecule has 10 heteroatoms. The van der Waals surface area contributed by atoms with Gasteiger partial charge in [-0.25, -0.2) is 18.6 Å². The van der Waals surface area contributed by atoms with Crippen molar-refractivity contribution in [2.24, 2.45) is 0 Å². The topological polar surface area (TPSA) is 85.2 Å². The normalized spacial score (nSPS) is 13.9. The average Bonchev–Trinajstić information content (AvgIpc) is 3.13. The Morgan fingerprint density at radius 3 is 2.53 bits per heavy atom. The first-order chi connectivity index (χ1) is 15.4. The van der Waals surface area contributed by atoms with E-state index in [1.165, 1.54) is 11.9 Å². The molecule has 0 aliphatic carbocycles. The highest BCUT2D eigenvalue weighted by Gasteiger charge is 2.25. The minimum Gasteiger partial charge on any atom is -0.443 e. The molecule has 1 saturated heterocycles. The van der Waals surface area contributed by atoms with Crippen molar-refractivity contribution in [1.29, 1.82) is 0 Å². The summed E-state index contributed by atoms with van der Waals surface area (Å²) in [4.78, 5) is 30.2. The van der Waals surface area contributed by atoms with Gasteiger partial charge < -0.3 is 19.7 Å². The van der Waals surface area contributed by atoms with Gasteiger partial charge in [0.05, 0.1) is 24.5 Å². The molecule has 0 radical (unpaired) electrons. The number of carbonyl (C=O) groups is 2. The Bertz CT molecular complexity index is 1170. The Balaban J connectivity index is 1.74. The molecule has 1 N–H and O–H groups in total. The number of imidazole rings is 1. The van der Waals surface area contributed by atoms with E-state index in [1.807, 2.05) is 13.0 Å². The van der Waals surface area contributed by atoms with E-state index >= 15 is 0 Å². The molecule has 4 rings (SSSR count). The minimum absolute atomic E-state index is 0.00355. The van der Waals surface area contributed by atoms with Gasteiger partial charge in [-0.2, -0.15) is 0 Å². The van der Waals surface area contributed by atoms with Crippen molar-refractivity contribution in [1.82, 2.24) is 19.6 Å². The Labute approximate surface area is 182 Å².